The Morgan fingerprint density at radius 3 is 2.63 bits per heavy atom. The van der Waals surface area contributed by atoms with Gasteiger partial charge in [-0.15, -0.1) is 0 Å². The lowest BCUT2D eigenvalue weighted by atomic mass is 10.0. The molecule has 2 aromatic carbocycles. The number of ether oxygens (including phenoxy) is 3. The number of amides is 1. The number of rotatable bonds is 7. The number of carbonyl (C=O) groups is 2. The van der Waals surface area contributed by atoms with Crippen LogP contribution in [-0.2, 0) is 20.7 Å². The molecular formula is C20H20BrNO5. The third kappa shape index (κ3) is 5.23. The number of carbonyl (C=O) groups excluding carboxylic acids is 2. The molecule has 142 valence electrons. The largest absolute Gasteiger partial charge is 0.469 e. The van der Waals surface area contributed by atoms with Gasteiger partial charge in [-0.05, 0) is 41.8 Å². The monoisotopic (exact) mass is 433 g/mol. The number of fused-ring (bicyclic) bond motifs is 1. The number of benzene rings is 2. The lowest BCUT2D eigenvalue weighted by Gasteiger charge is -2.18. The Kier molecular flexibility index (Phi) is 6.34. The Balaban J connectivity index is 1.61. The molecule has 0 bridgehead atoms. The fraction of sp³-hybridized carbons (Fsp3) is 0.300. The zero-order valence-electron chi connectivity index (χ0n) is 14.9. The minimum atomic E-state index is -0.435. The van der Waals surface area contributed by atoms with E-state index in [1.165, 1.54) is 7.11 Å². The van der Waals surface area contributed by atoms with Crippen LogP contribution in [0.2, 0.25) is 0 Å². The Morgan fingerprint density at radius 1 is 1.15 bits per heavy atom. The molecule has 1 aliphatic rings. The number of nitrogens with one attached hydrogen (secondary N) is 1. The lowest BCUT2D eigenvalue weighted by molar-refractivity contribution is -0.141. The fourth-order valence-corrected chi connectivity index (χ4v) is 3.08. The number of hydrogen-bond acceptors (Lipinski definition) is 5. The van der Waals surface area contributed by atoms with Gasteiger partial charge in [-0.2, -0.15) is 0 Å². The standard InChI is InChI=1S/C20H20BrNO5/c1-25-20(24)11-16(14-4-6-15(21)7-5-14)22-19(23)9-3-13-2-8-17-18(10-13)27-12-26-17/h2,4-8,10,16H,3,9,11-12H2,1H3,(H,22,23). The molecule has 0 aromatic heterocycles. The molecule has 2 aromatic rings. The smallest absolute Gasteiger partial charge is 0.307 e. The molecule has 1 N–H and O–H groups in total. The third-order valence-electron chi connectivity index (χ3n) is 4.28. The van der Waals surface area contributed by atoms with Crippen molar-refractivity contribution in [2.75, 3.05) is 13.9 Å². The first-order chi connectivity index (χ1) is 13.0. The summed E-state index contributed by atoms with van der Waals surface area (Å²) < 4.78 is 16.3. The van der Waals surface area contributed by atoms with Crippen molar-refractivity contribution in [3.63, 3.8) is 0 Å². The van der Waals surface area contributed by atoms with Crippen LogP contribution in [0.1, 0.15) is 30.0 Å². The van der Waals surface area contributed by atoms with E-state index in [-0.39, 0.29) is 25.1 Å². The summed E-state index contributed by atoms with van der Waals surface area (Å²) in [4.78, 5) is 24.2. The van der Waals surface area contributed by atoms with Gasteiger partial charge in [0.25, 0.3) is 0 Å². The van der Waals surface area contributed by atoms with Crippen LogP contribution in [0.4, 0.5) is 0 Å². The summed E-state index contributed by atoms with van der Waals surface area (Å²) in [6.45, 7) is 0.224. The highest BCUT2D eigenvalue weighted by Gasteiger charge is 2.19. The van der Waals surface area contributed by atoms with Crippen LogP contribution in [0.25, 0.3) is 0 Å². The van der Waals surface area contributed by atoms with Crippen molar-refractivity contribution in [1.82, 2.24) is 5.32 Å². The number of esters is 1. The Morgan fingerprint density at radius 2 is 1.89 bits per heavy atom. The van der Waals surface area contributed by atoms with Crippen LogP contribution in [0, 0.1) is 0 Å². The fourth-order valence-electron chi connectivity index (χ4n) is 2.82. The number of methoxy groups -OCH3 is 1. The summed E-state index contributed by atoms with van der Waals surface area (Å²) in [5, 5.41) is 2.93. The van der Waals surface area contributed by atoms with Gasteiger partial charge < -0.3 is 19.5 Å². The van der Waals surface area contributed by atoms with E-state index in [9.17, 15) is 9.59 Å². The van der Waals surface area contributed by atoms with Gasteiger partial charge in [-0.25, -0.2) is 0 Å². The van der Waals surface area contributed by atoms with Crippen molar-refractivity contribution in [3.05, 3.63) is 58.1 Å². The van der Waals surface area contributed by atoms with E-state index in [4.69, 9.17) is 14.2 Å². The molecule has 7 heteroatoms. The SMILES string of the molecule is COC(=O)CC(NC(=O)CCc1ccc2c(c1)OCO2)c1ccc(Br)cc1. The van der Waals surface area contributed by atoms with Gasteiger partial charge in [0.2, 0.25) is 12.7 Å². The highest BCUT2D eigenvalue weighted by atomic mass is 79.9. The maximum atomic E-state index is 12.4. The summed E-state index contributed by atoms with van der Waals surface area (Å²) in [5.74, 6) is 0.909. The summed E-state index contributed by atoms with van der Waals surface area (Å²) in [7, 11) is 1.34. The Hall–Kier alpha value is -2.54. The topological polar surface area (TPSA) is 73.9 Å². The molecule has 1 unspecified atom stereocenters. The molecule has 1 amide bonds. The van der Waals surface area contributed by atoms with Crippen molar-refractivity contribution in [2.45, 2.75) is 25.3 Å². The second-order valence-electron chi connectivity index (χ2n) is 6.14. The summed E-state index contributed by atoms with van der Waals surface area (Å²) >= 11 is 3.38. The minimum absolute atomic E-state index is 0.0773. The first-order valence-corrected chi connectivity index (χ1v) is 9.34. The molecular weight excluding hydrogens is 414 g/mol. The molecule has 0 spiro atoms. The minimum Gasteiger partial charge on any atom is -0.469 e. The van der Waals surface area contributed by atoms with Gasteiger partial charge in [-0.1, -0.05) is 34.1 Å². The molecule has 1 heterocycles. The van der Waals surface area contributed by atoms with Crippen molar-refractivity contribution in [2.24, 2.45) is 0 Å². The maximum Gasteiger partial charge on any atom is 0.307 e. The van der Waals surface area contributed by atoms with Gasteiger partial charge in [0.1, 0.15) is 0 Å². The highest BCUT2D eigenvalue weighted by molar-refractivity contribution is 9.10. The van der Waals surface area contributed by atoms with E-state index in [0.29, 0.717) is 18.6 Å². The maximum absolute atomic E-state index is 12.4. The quantitative estimate of drug-likeness (QED) is 0.675. The molecule has 3 rings (SSSR count). The van der Waals surface area contributed by atoms with Gasteiger partial charge in [0, 0.05) is 10.9 Å². The van der Waals surface area contributed by atoms with E-state index in [1.54, 1.807) is 0 Å². The normalized spacial score (nSPS) is 13.1. The average molecular weight is 434 g/mol. The Labute approximate surface area is 165 Å². The van der Waals surface area contributed by atoms with Crippen LogP contribution in [0.15, 0.2) is 46.9 Å². The summed E-state index contributed by atoms with van der Waals surface area (Å²) in [6.07, 6.45) is 0.940. The molecule has 6 nitrogen and oxygen atoms in total. The average Bonchev–Trinajstić information content (AvgIpc) is 3.14. The number of hydrogen-bond donors (Lipinski definition) is 1. The van der Waals surface area contributed by atoms with Crippen LogP contribution in [-0.4, -0.2) is 25.8 Å². The van der Waals surface area contributed by atoms with Gasteiger partial charge in [0.15, 0.2) is 11.5 Å². The van der Waals surface area contributed by atoms with Crippen molar-refractivity contribution in [1.29, 1.82) is 0 Å². The van der Waals surface area contributed by atoms with E-state index >= 15 is 0 Å². The van der Waals surface area contributed by atoms with Crippen molar-refractivity contribution < 1.29 is 23.8 Å². The van der Waals surface area contributed by atoms with Crippen LogP contribution < -0.4 is 14.8 Å². The van der Waals surface area contributed by atoms with Crippen LogP contribution in [0.3, 0.4) is 0 Å². The second-order valence-corrected chi connectivity index (χ2v) is 7.06. The second kappa shape index (κ2) is 8.90. The molecule has 0 saturated carbocycles. The van der Waals surface area contributed by atoms with Crippen LogP contribution in [0.5, 0.6) is 11.5 Å². The highest BCUT2D eigenvalue weighted by Crippen LogP contribution is 2.32. The molecule has 0 saturated heterocycles. The van der Waals surface area contributed by atoms with Gasteiger partial charge in [0.05, 0.1) is 19.6 Å². The Bertz CT molecular complexity index is 822. The third-order valence-corrected chi connectivity index (χ3v) is 4.81. The van der Waals surface area contributed by atoms with E-state index in [1.807, 2.05) is 42.5 Å². The van der Waals surface area contributed by atoms with Crippen LogP contribution >= 0.6 is 15.9 Å². The van der Waals surface area contributed by atoms with E-state index in [2.05, 4.69) is 21.2 Å². The molecule has 0 fully saturated rings. The molecule has 27 heavy (non-hydrogen) atoms. The molecule has 0 aliphatic carbocycles. The number of aryl methyl sites for hydroxylation is 1. The summed E-state index contributed by atoms with van der Waals surface area (Å²) in [5.41, 5.74) is 1.84. The van der Waals surface area contributed by atoms with Gasteiger partial charge >= 0.3 is 5.97 Å². The predicted molar refractivity (Wildman–Crippen MR) is 103 cm³/mol. The lowest BCUT2D eigenvalue weighted by Crippen LogP contribution is -2.30. The van der Waals surface area contributed by atoms with Crippen molar-refractivity contribution >= 4 is 27.8 Å². The molecule has 1 aliphatic heterocycles. The van der Waals surface area contributed by atoms with E-state index in [0.717, 1.165) is 21.3 Å². The first kappa shape index (κ1) is 19.2. The molecule has 1 atom stereocenters. The van der Waals surface area contributed by atoms with Crippen molar-refractivity contribution in [3.8, 4) is 11.5 Å². The zero-order valence-corrected chi connectivity index (χ0v) is 16.5. The van der Waals surface area contributed by atoms with Gasteiger partial charge in [-0.3, -0.25) is 9.59 Å². The number of halogens is 1. The zero-order chi connectivity index (χ0) is 19.2. The molecule has 0 radical (unpaired) electrons. The summed E-state index contributed by atoms with van der Waals surface area (Å²) in [6, 6.07) is 12.7. The first-order valence-electron chi connectivity index (χ1n) is 8.55. The predicted octanol–water partition coefficient (Wildman–Crippen LogP) is 3.53. The van der Waals surface area contributed by atoms with E-state index < -0.39 is 6.04 Å².